The van der Waals surface area contributed by atoms with Crippen LogP contribution >= 0.6 is 0 Å². The van der Waals surface area contributed by atoms with E-state index in [1.807, 2.05) is 49.4 Å². The number of ether oxygens (including phenoxy) is 2. The molecule has 4 aromatic carbocycles. The molecule has 0 heterocycles. The molecule has 0 saturated carbocycles. The van der Waals surface area contributed by atoms with Gasteiger partial charge in [0.25, 0.3) is 10.0 Å². The molecule has 4 aromatic rings. The standard InChI is InChI=1S/C28H28N2O5S/c1-21-10-14-27(15-11-21)36(32,33)30(24-8-5-9-25(19-24)34-2)20-28(31)29-16-17-35-26-13-12-22-6-3-4-7-23(22)18-26/h3-15,18-19H,16-17,20H2,1-2H3,(H,29,31). The van der Waals surface area contributed by atoms with Crippen LogP contribution in [0.15, 0.2) is 95.9 Å². The van der Waals surface area contributed by atoms with Crippen molar-refractivity contribution >= 4 is 32.4 Å². The van der Waals surface area contributed by atoms with Crippen molar-refractivity contribution in [1.29, 1.82) is 0 Å². The molecule has 36 heavy (non-hydrogen) atoms. The number of fused-ring (bicyclic) bond motifs is 1. The Morgan fingerprint density at radius 1 is 0.861 bits per heavy atom. The van der Waals surface area contributed by atoms with Crippen molar-refractivity contribution in [2.24, 2.45) is 0 Å². The largest absolute Gasteiger partial charge is 0.497 e. The third-order valence-electron chi connectivity index (χ3n) is 5.65. The van der Waals surface area contributed by atoms with E-state index in [9.17, 15) is 13.2 Å². The molecule has 0 aliphatic rings. The van der Waals surface area contributed by atoms with Crippen molar-refractivity contribution in [2.45, 2.75) is 11.8 Å². The molecule has 0 radical (unpaired) electrons. The van der Waals surface area contributed by atoms with E-state index in [0.717, 1.165) is 20.6 Å². The second-order valence-electron chi connectivity index (χ2n) is 8.23. The zero-order valence-electron chi connectivity index (χ0n) is 20.2. The minimum Gasteiger partial charge on any atom is -0.497 e. The number of methoxy groups -OCH3 is 1. The van der Waals surface area contributed by atoms with Crippen molar-refractivity contribution in [3.63, 3.8) is 0 Å². The van der Waals surface area contributed by atoms with Gasteiger partial charge in [0.15, 0.2) is 0 Å². The van der Waals surface area contributed by atoms with Gasteiger partial charge in [0, 0.05) is 6.07 Å². The zero-order valence-corrected chi connectivity index (χ0v) is 21.0. The molecule has 0 spiro atoms. The molecule has 0 bridgehead atoms. The molecule has 186 valence electrons. The summed E-state index contributed by atoms with van der Waals surface area (Å²) in [4.78, 5) is 12.9. The molecule has 0 aliphatic carbocycles. The Labute approximate surface area is 211 Å². The Bertz CT molecular complexity index is 1450. The van der Waals surface area contributed by atoms with Crippen LogP contribution in [0, 0.1) is 6.92 Å². The number of nitrogens with one attached hydrogen (secondary N) is 1. The van der Waals surface area contributed by atoms with Crippen LogP contribution < -0.4 is 19.1 Å². The Balaban J connectivity index is 1.44. The minimum absolute atomic E-state index is 0.100. The van der Waals surface area contributed by atoms with Crippen molar-refractivity contribution < 1.29 is 22.7 Å². The number of hydrogen-bond donors (Lipinski definition) is 1. The van der Waals surface area contributed by atoms with Gasteiger partial charge < -0.3 is 14.8 Å². The van der Waals surface area contributed by atoms with Gasteiger partial charge in [-0.3, -0.25) is 9.10 Å². The molecule has 4 rings (SSSR count). The fourth-order valence-corrected chi connectivity index (χ4v) is 5.13. The minimum atomic E-state index is -4.00. The molecule has 7 nitrogen and oxygen atoms in total. The molecule has 0 fully saturated rings. The summed E-state index contributed by atoms with van der Waals surface area (Å²) in [6.45, 7) is 1.96. The fourth-order valence-electron chi connectivity index (χ4n) is 3.72. The lowest BCUT2D eigenvalue weighted by atomic mass is 10.1. The topological polar surface area (TPSA) is 84.9 Å². The number of hydrogen-bond acceptors (Lipinski definition) is 5. The Morgan fingerprint density at radius 3 is 2.36 bits per heavy atom. The monoisotopic (exact) mass is 504 g/mol. The van der Waals surface area contributed by atoms with Crippen LogP contribution in [0.3, 0.4) is 0 Å². The first kappa shape index (κ1) is 25.1. The molecule has 1 N–H and O–H groups in total. The van der Waals surface area contributed by atoms with Crippen LogP contribution in [0.25, 0.3) is 10.8 Å². The van der Waals surface area contributed by atoms with Gasteiger partial charge in [0.2, 0.25) is 5.91 Å². The molecule has 0 aromatic heterocycles. The van der Waals surface area contributed by atoms with Crippen molar-refractivity contribution in [3.8, 4) is 11.5 Å². The van der Waals surface area contributed by atoms with Gasteiger partial charge in [-0.05, 0) is 54.1 Å². The van der Waals surface area contributed by atoms with Crippen LogP contribution in [0.4, 0.5) is 5.69 Å². The van der Waals surface area contributed by atoms with Crippen LogP contribution in [0.2, 0.25) is 0 Å². The number of sulfonamides is 1. The first-order chi connectivity index (χ1) is 17.4. The second-order valence-corrected chi connectivity index (χ2v) is 10.1. The van der Waals surface area contributed by atoms with Gasteiger partial charge in [0.05, 0.1) is 24.2 Å². The normalized spacial score (nSPS) is 11.2. The van der Waals surface area contributed by atoms with Crippen LogP contribution in [-0.4, -0.2) is 41.1 Å². The zero-order chi connectivity index (χ0) is 25.5. The molecule has 0 aliphatic heterocycles. The smallest absolute Gasteiger partial charge is 0.264 e. The van der Waals surface area contributed by atoms with Gasteiger partial charge in [-0.2, -0.15) is 0 Å². The third kappa shape index (κ3) is 5.95. The molecular weight excluding hydrogens is 476 g/mol. The molecule has 0 atom stereocenters. The van der Waals surface area contributed by atoms with Crippen molar-refractivity contribution in [3.05, 3.63) is 96.6 Å². The Hall–Kier alpha value is -4.04. The molecule has 8 heteroatoms. The summed E-state index contributed by atoms with van der Waals surface area (Å²) in [5.41, 5.74) is 1.27. The quantitative estimate of drug-likeness (QED) is 0.321. The molecule has 0 unspecified atom stereocenters. The van der Waals surface area contributed by atoms with Gasteiger partial charge in [-0.1, -0.05) is 54.1 Å². The Morgan fingerprint density at radius 2 is 1.61 bits per heavy atom. The van der Waals surface area contributed by atoms with Gasteiger partial charge in [0.1, 0.15) is 24.7 Å². The van der Waals surface area contributed by atoms with E-state index in [1.165, 1.54) is 19.2 Å². The maximum absolute atomic E-state index is 13.5. The van der Waals surface area contributed by atoms with Gasteiger partial charge in [-0.25, -0.2) is 8.42 Å². The first-order valence-electron chi connectivity index (χ1n) is 11.5. The van der Waals surface area contributed by atoms with Gasteiger partial charge >= 0.3 is 0 Å². The summed E-state index contributed by atoms with van der Waals surface area (Å²) in [6.07, 6.45) is 0. The molecule has 0 saturated heterocycles. The third-order valence-corrected chi connectivity index (χ3v) is 7.44. The lowest BCUT2D eigenvalue weighted by molar-refractivity contribution is -0.119. The number of rotatable bonds is 10. The highest BCUT2D eigenvalue weighted by molar-refractivity contribution is 7.92. The summed E-state index contributed by atoms with van der Waals surface area (Å²) in [7, 11) is -2.50. The second kappa shape index (κ2) is 11.1. The molecule has 1 amide bonds. The van der Waals surface area contributed by atoms with E-state index in [4.69, 9.17) is 9.47 Å². The van der Waals surface area contributed by atoms with Crippen LogP contribution in [0.1, 0.15) is 5.56 Å². The number of amides is 1. The summed E-state index contributed by atoms with van der Waals surface area (Å²) in [5, 5.41) is 4.93. The molecular formula is C28H28N2O5S. The van der Waals surface area contributed by atoms with E-state index in [0.29, 0.717) is 17.2 Å². The number of anilines is 1. The van der Waals surface area contributed by atoms with E-state index in [1.54, 1.807) is 36.4 Å². The first-order valence-corrected chi connectivity index (χ1v) is 12.9. The van der Waals surface area contributed by atoms with Crippen molar-refractivity contribution in [1.82, 2.24) is 5.32 Å². The summed E-state index contributed by atoms with van der Waals surface area (Å²) in [5.74, 6) is 0.735. The lowest BCUT2D eigenvalue weighted by Gasteiger charge is -2.24. The number of carbonyl (C=O) groups is 1. The fraction of sp³-hybridized carbons (Fsp3) is 0.179. The van der Waals surface area contributed by atoms with E-state index in [2.05, 4.69) is 5.32 Å². The summed E-state index contributed by atoms with van der Waals surface area (Å²) < 4.78 is 39.1. The predicted molar refractivity (Wildman–Crippen MR) is 141 cm³/mol. The highest BCUT2D eigenvalue weighted by Crippen LogP contribution is 2.27. The maximum atomic E-state index is 13.5. The number of aryl methyl sites for hydroxylation is 1. The van der Waals surface area contributed by atoms with Crippen LogP contribution in [-0.2, 0) is 14.8 Å². The highest BCUT2D eigenvalue weighted by atomic mass is 32.2. The average Bonchev–Trinajstić information content (AvgIpc) is 2.90. The SMILES string of the molecule is COc1cccc(N(CC(=O)NCCOc2ccc3ccccc3c2)S(=O)(=O)c2ccc(C)cc2)c1. The number of nitrogens with zero attached hydrogens (tertiary/aromatic N) is 1. The van der Waals surface area contributed by atoms with E-state index >= 15 is 0 Å². The Kier molecular flexibility index (Phi) is 7.75. The van der Waals surface area contributed by atoms with Gasteiger partial charge in [-0.15, -0.1) is 0 Å². The number of benzene rings is 4. The van der Waals surface area contributed by atoms with Crippen LogP contribution in [0.5, 0.6) is 11.5 Å². The lowest BCUT2D eigenvalue weighted by Crippen LogP contribution is -2.41. The van der Waals surface area contributed by atoms with E-state index < -0.39 is 15.9 Å². The summed E-state index contributed by atoms with van der Waals surface area (Å²) >= 11 is 0. The predicted octanol–water partition coefficient (Wildman–Crippen LogP) is 4.55. The van der Waals surface area contributed by atoms with E-state index in [-0.39, 0.29) is 24.6 Å². The van der Waals surface area contributed by atoms with Crippen molar-refractivity contribution in [2.75, 3.05) is 31.1 Å². The maximum Gasteiger partial charge on any atom is 0.264 e. The average molecular weight is 505 g/mol. The number of carbonyl (C=O) groups excluding carboxylic acids is 1. The highest BCUT2D eigenvalue weighted by Gasteiger charge is 2.27. The summed E-state index contributed by atoms with van der Waals surface area (Å²) in [6, 6.07) is 26.9.